The maximum absolute atomic E-state index is 12.3. The molecule has 0 spiro atoms. The largest absolute Gasteiger partial charge is 0.495 e. The van der Waals surface area contributed by atoms with Gasteiger partial charge in [-0.05, 0) is 45.0 Å². The van der Waals surface area contributed by atoms with E-state index in [2.05, 4.69) is 4.72 Å². The van der Waals surface area contributed by atoms with Gasteiger partial charge in [-0.1, -0.05) is 0 Å². The van der Waals surface area contributed by atoms with Gasteiger partial charge in [0.1, 0.15) is 10.6 Å². The van der Waals surface area contributed by atoms with E-state index in [1.807, 2.05) is 0 Å². The minimum absolute atomic E-state index is 0.0238. The van der Waals surface area contributed by atoms with E-state index in [4.69, 9.17) is 9.47 Å². The molecule has 25 heavy (non-hydrogen) atoms. The van der Waals surface area contributed by atoms with Gasteiger partial charge in [-0.15, -0.1) is 0 Å². The molecule has 9 heteroatoms. The number of rotatable bonds is 6. The highest BCUT2D eigenvalue weighted by Gasteiger charge is 2.27. The van der Waals surface area contributed by atoms with Gasteiger partial charge in [0.2, 0.25) is 10.0 Å². The molecule has 2 rings (SSSR count). The van der Waals surface area contributed by atoms with Crippen LogP contribution in [-0.4, -0.2) is 58.5 Å². The standard InChI is InChI=1S/C16H22N2O6S/c1-11(15(19)18-8-4-5-9-18)24-16(20)12-6-7-13(23-3)14(10-12)25(21,22)17-2/h6-7,10-11,17H,4-5,8-9H2,1-3H3. The summed E-state index contributed by atoms with van der Waals surface area (Å²) in [5.41, 5.74) is 0.0238. The molecule has 0 aliphatic carbocycles. The number of esters is 1. The second-order valence-corrected chi connectivity index (χ2v) is 7.51. The van der Waals surface area contributed by atoms with E-state index in [1.54, 1.807) is 4.90 Å². The number of nitrogens with zero attached hydrogens (tertiary/aromatic N) is 1. The number of hydrogen-bond acceptors (Lipinski definition) is 6. The number of likely N-dealkylation sites (tertiary alicyclic amines) is 1. The van der Waals surface area contributed by atoms with Gasteiger partial charge in [0.05, 0.1) is 12.7 Å². The third-order valence-electron chi connectivity index (χ3n) is 4.01. The molecular formula is C16H22N2O6S. The van der Waals surface area contributed by atoms with Crippen molar-refractivity contribution in [1.29, 1.82) is 0 Å². The first-order valence-corrected chi connectivity index (χ1v) is 9.40. The Bertz CT molecular complexity index is 756. The third-order valence-corrected chi connectivity index (χ3v) is 5.44. The van der Waals surface area contributed by atoms with Gasteiger partial charge in [0, 0.05) is 13.1 Å². The van der Waals surface area contributed by atoms with Gasteiger partial charge < -0.3 is 14.4 Å². The molecule has 0 saturated carbocycles. The van der Waals surface area contributed by atoms with E-state index in [0.717, 1.165) is 12.8 Å². The predicted octanol–water partition coefficient (Wildman–Crippen LogP) is 0.771. The molecule has 1 unspecified atom stereocenters. The van der Waals surface area contributed by atoms with Crippen molar-refractivity contribution in [3.05, 3.63) is 23.8 Å². The average Bonchev–Trinajstić information content (AvgIpc) is 3.14. The maximum Gasteiger partial charge on any atom is 0.338 e. The minimum Gasteiger partial charge on any atom is -0.495 e. The van der Waals surface area contributed by atoms with Crippen molar-refractivity contribution in [2.75, 3.05) is 27.2 Å². The molecule has 1 saturated heterocycles. The van der Waals surface area contributed by atoms with Crippen LogP contribution in [0.4, 0.5) is 0 Å². The summed E-state index contributed by atoms with van der Waals surface area (Å²) in [4.78, 5) is 26.0. The Morgan fingerprint density at radius 1 is 1.24 bits per heavy atom. The SMILES string of the molecule is CNS(=O)(=O)c1cc(C(=O)OC(C)C(=O)N2CCCC2)ccc1OC. The first-order chi connectivity index (χ1) is 11.8. The van der Waals surface area contributed by atoms with Gasteiger partial charge >= 0.3 is 5.97 Å². The van der Waals surface area contributed by atoms with Crippen molar-refractivity contribution in [2.45, 2.75) is 30.8 Å². The summed E-state index contributed by atoms with van der Waals surface area (Å²) in [6.07, 6.45) is 0.948. The van der Waals surface area contributed by atoms with Crippen LogP contribution < -0.4 is 9.46 Å². The van der Waals surface area contributed by atoms with Gasteiger partial charge in [-0.25, -0.2) is 17.9 Å². The van der Waals surface area contributed by atoms with Crippen LogP contribution in [0.25, 0.3) is 0 Å². The number of ether oxygens (including phenoxy) is 2. The zero-order valence-electron chi connectivity index (χ0n) is 14.4. The fourth-order valence-corrected chi connectivity index (χ4v) is 3.52. The molecule has 1 atom stereocenters. The van der Waals surface area contributed by atoms with Crippen LogP contribution in [0.1, 0.15) is 30.1 Å². The summed E-state index contributed by atoms with van der Waals surface area (Å²) in [5, 5.41) is 0. The molecule has 0 aromatic heterocycles. The molecule has 138 valence electrons. The van der Waals surface area contributed by atoms with Crippen LogP contribution in [0, 0.1) is 0 Å². The van der Waals surface area contributed by atoms with E-state index in [-0.39, 0.29) is 22.1 Å². The van der Waals surface area contributed by atoms with Crippen LogP contribution in [0.15, 0.2) is 23.1 Å². The summed E-state index contributed by atoms with van der Waals surface area (Å²) in [6, 6.07) is 3.93. The lowest BCUT2D eigenvalue weighted by Gasteiger charge is -2.20. The summed E-state index contributed by atoms with van der Waals surface area (Å²) >= 11 is 0. The lowest BCUT2D eigenvalue weighted by atomic mass is 10.2. The summed E-state index contributed by atoms with van der Waals surface area (Å²) in [7, 11) is -1.22. The fraction of sp³-hybridized carbons (Fsp3) is 0.500. The van der Waals surface area contributed by atoms with E-state index in [0.29, 0.717) is 13.1 Å². The highest BCUT2D eigenvalue weighted by molar-refractivity contribution is 7.89. The minimum atomic E-state index is -3.81. The van der Waals surface area contributed by atoms with Crippen LogP contribution in [0.5, 0.6) is 5.75 Å². The number of sulfonamides is 1. The Morgan fingerprint density at radius 2 is 1.88 bits per heavy atom. The third kappa shape index (κ3) is 4.29. The second kappa shape index (κ2) is 7.83. The molecule has 1 aromatic carbocycles. The molecule has 1 amide bonds. The van der Waals surface area contributed by atoms with Crippen molar-refractivity contribution in [2.24, 2.45) is 0 Å². The normalized spacial score (nSPS) is 15.7. The molecule has 1 heterocycles. The Kier molecular flexibility index (Phi) is 6.02. The van der Waals surface area contributed by atoms with Gasteiger partial charge in [-0.3, -0.25) is 4.79 Å². The van der Waals surface area contributed by atoms with Crippen molar-refractivity contribution in [3.8, 4) is 5.75 Å². The van der Waals surface area contributed by atoms with E-state index < -0.39 is 22.1 Å². The lowest BCUT2D eigenvalue weighted by Crippen LogP contribution is -2.38. The van der Waals surface area contributed by atoms with Crippen LogP contribution in [0.2, 0.25) is 0 Å². The highest BCUT2D eigenvalue weighted by atomic mass is 32.2. The maximum atomic E-state index is 12.3. The zero-order chi connectivity index (χ0) is 18.6. The van der Waals surface area contributed by atoms with E-state index >= 15 is 0 Å². The molecule has 1 aromatic rings. The number of amides is 1. The molecule has 0 bridgehead atoms. The Balaban J connectivity index is 2.19. The van der Waals surface area contributed by atoms with Crippen LogP contribution in [-0.2, 0) is 19.6 Å². The van der Waals surface area contributed by atoms with Crippen molar-refractivity contribution in [1.82, 2.24) is 9.62 Å². The topological polar surface area (TPSA) is 102 Å². The Labute approximate surface area is 147 Å². The summed E-state index contributed by atoms with van der Waals surface area (Å²) in [6.45, 7) is 2.83. The molecule has 1 N–H and O–H groups in total. The number of nitrogens with one attached hydrogen (secondary N) is 1. The molecule has 1 aliphatic heterocycles. The van der Waals surface area contributed by atoms with Crippen molar-refractivity contribution < 1.29 is 27.5 Å². The van der Waals surface area contributed by atoms with E-state index in [1.165, 1.54) is 39.3 Å². The quantitative estimate of drug-likeness (QED) is 0.742. The summed E-state index contributed by atoms with van der Waals surface area (Å²) < 4.78 is 36.5. The summed E-state index contributed by atoms with van der Waals surface area (Å²) in [5.74, 6) is -0.912. The van der Waals surface area contributed by atoms with Crippen molar-refractivity contribution >= 4 is 21.9 Å². The number of benzene rings is 1. The number of carbonyl (C=O) groups excluding carboxylic acids is 2. The first-order valence-electron chi connectivity index (χ1n) is 7.91. The van der Waals surface area contributed by atoms with E-state index in [9.17, 15) is 18.0 Å². The smallest absolute Gasteiger partial charge is 0.338 e. The van der Waals surface area contributed by atoms with Crippen molar-refractivity contribution in [3.63, 3.8) is 0 Å². The average molecular weight is 370 g/mol. The van der Waals surface area contributed by atoms with Gasteiger partial charge in [0.15, 0.2) is 6.10 Å². The van der Waals surface area contributed by atoms with Crippen LogP contribution in [0.3, 0.4) is 0 Å². The number of methoxy groups -OCH3 is 1. The van der Waals surface area contributed by atoms with Gasteiger partial charge in [-0.2, -0.15) is 0 Å². The Hall–Kier alpha value is -2.13. The predicted molar refractivity (Wildman–Crippen MR) is 89.9 cm³/mol. The van der Waals surface area contributed by atoms with Crippen LogP contribution >= 0.6 is 0 Å². The molecule has 8 nitrogen and oxygen atoms in total. The molecule has 1 aliphatic rings. The van der Waals surface area contributed by atoms with Gasteiger partial charge in [0.25, 0.3) is 5.91 Å². The Morgan fingerprint density at radius 3 is 2.44 bits per heavy atom. The first kappa shape index (κ1) is 19.2. The number of carbonyl (C=O) groups is 2. The zero-order valence-corrected chi connectivity index (χ0v) is 15.3. The highest BCUT2D eigenvalue weighted by Crippen LogP contribution is 2.25. The molecular weight excluding hydrogens is 348 g/mol. The number of hydrogen-bond donors (Lipinski definition) is 1. The monoisotopic (exact) mass is 370 g/mol. The fourth-order valence-electron chi connectivity index (χ4n) is 2.60. The lowest BCUT2D eigenvalue weighted by molar-refractivity contribution is -0.138. The second-order valence-electron chi connectivity index (χ2n) is 5.65. The molecule has 1 fully saturated rings. The molecule has 0 radical (unpaired) electrons.